The first-order chi connectivity index (χ1) is 11.0. The van der Waals surface area contributed by atoms with Gasteiger partial charge < -0.3 is 0 Å². The van der Waals surface area contributed by atoms with Crippen LogP contribution in [0.4, 0.5) is 0 Å². The summed E-state index contributed by atoms with van der Waals surface area (Å²) in [6.07, 6.45) is 0. The molecule has 1 aromatic carbocycles. The van der Waals surface area contributed by atoms with Crippen molar-refractivity contribution < 1.29 is 21.6 Å². The van der Waals surface area contributed by atoms with Crippen LogP contribution in [0.1, 0.15) is 15.2 Å². The molecule has 0 unspecified atom stereocenters. The van der Waals surface area contributed by atoms with Gasteiger partial charge in [-0.15, -0.1) is 11.3 Å². The number of carbonyl (C=O) groups is 1. The first kappa shape index (κ1) is 18.6. The van der Waals surface area contributed by atoms with E-state index >= 15 is 0 Å². The normalized spacial score (nSPS) is 12.3. The predicted octanol–water partition coefficient (Wildman–Crippen LogP) is 1.43. The molecule has 1 heterocycles. The van der Waals surface area contributed by atoms with E-state index in [1.54, 1.807) is 13.0 Å². The van der Waals surface area contributed by atoms with Crippen molar-refractivity contribution in [3.63, 3.8) is 0 Å². The molecule has 0 aliphatic carbocycles. The maximum absolute atomic E-state index is 12.1. The van der Waals surface area contributed by atoms with Crippen molar-refractivity contribution in [2.24, 2.45) is 0 Å². The molecule has 130 valence electrons. The van der Waals surface area contributed by atoms with E-state index in [1.165, 1.54) is 44.4 Å². The van der Waals surface area contributed by atoms with E-state index < -0.39 is 26.0 Å². The van der Waals surface area contributed by atoms with E-state index in [0.717, 1.165) is 20.5 Å². The van der Waals surface area contributed by atoms with Gasteiger partial charge in [0.1, 0.15) is 4.21 Å². The molecule has 24 heavy (non-hydrogen) atoms. The van der Waals surface area contributed by atoms with E-state index in [2.05, 4.69) is 0 Å². The predicted molar refractivity (Wildman–Crippen MR) is 91.0 cm³/mol. The van der Waals surface area contributed by atoms with Gasteiger partial charge in [-0.1, -0.05) is 0 Å². The van der Waals surface area contributed by atoms with Crippen LogP contribution in [0.2, 0.25) is 0 Å². The summed E-state index contributed by atoms with van der Waals surface area (Å²) in [5.74, 6) is -0.824. The Morgan fingerprint density at radius 3 is 2.04 bits per heavy atom. The minimum Gasteiger partial charge on any atom is -0.268 e. The van der Waals surface area contributed by atoms with Crippen LogP contribution in [-0.4, -0.2) is 41.1 Å². The van der Waals surface area contributed by atoms with Gasteiger partial charge >= 0.3 is 0 Å². The van der Waals surface area contributed by atoms with Gasteiger partial charge in [0.2, 0.25) is 10.0 Å². The van der Waals surface area contributed by atoms with Crippen LogP contribution in [0.3, 0.4) is 0 Å². The molecule has 2 aromatic rings. The number of amides is 1. The van der Waals surface area contributed by atoms with E-state index in [0.29, 0.717) is 0 Å². The second-order valence-electron chi connectivity index (χ2n) is 5.11. The molecule has 0 spiro atoms. The molecule has 10 heteroatoms. The number of nitrogens with one attached hydrogen (secondary N) is 1. The monoisotopic (exact) mass is 388 g/mol. The largest absolute Gasteiger partial charge is 0.273 e. The quantitative estimate of drug-likeness (QED) is 0.835. The second-order valence-corrected chi connectivity index (χ2v) is 10.5. The minimum absolute atomic E-state index is 0.0146. The molecule has 0 aliphatic rings. The van der Waals surface area contributed by atoms with Crippen molar-refractivity contribution in [2.75, 3.05) is 14.1 Å². The second kappa shape index (κ2) is 6.63. The van der Waals surface area contributed by atoms with E-state index in [4.69, 9.17) is 0 Å². The molecule has 0 saturated carbocycles. The zero-order valence-corrected chi connectivity index (χ0v) is 15.6. The van der Waals surface area contributed by atoms with Crippen LogP contribution >= 0.6 is 11.3 Å². The highest BCUT2D eigenvalue weighted by molar-refractivity contribution is 7.92. The number of thiophene rings is 1. The number of aryl methyl sites for hydroxylation is 1. The molecular weight excluding hydrogens is 372 g/mol. The Labute approximate surface area is 145 Å². The smallest absolute Gasteiger partial charge is 0.268 e. The number of nitrogens with zero attached hydrogens (tertiary/aromatic N) is 1. The standard InChI is InChI=1S/C14H16N2O5S3/c1-10-4-9-13(22-10)23(18,19)15-14(17)11-5-7-12(8-6-11)24(20,21)16(2)3/h4-9H,1-3H3,(H,15,17). The molecule has 2 rings (SSSR count). The highest BCUT2D eigenvalue weighted by Crippen LogP contribution is 2.21. The Morgan fingerprint density at radius 2 is 1.58 bits per heavy atom. The third kappa shape index (κ3) is 3.83. The van der Waals surface area contributed by atoms with Gasteiger partial charge in [0, 0.05) is 24.5 Å². The average molecular weight is 388 g/mol. The van der Waals surface area contributed by atoms with Crippen LogP contribution in [-0.2, 0) is 20.0 Å². The van der Waals surface area contributed by atoms with Crippen molar-refractivity contribution >= 4 is 37.3 Å². The lowest BCUT2D eigenvalue weighted by Gasteiger charge is -2.11. The van der Waals surface area contributed by atoms with Crippen LogP contribution in [0, 0.1) is 6.92 Å². The van der Waals surface area contributed by atoms with Crippen molar-refractivity contribution in [1.82, 2.24) is 9.03 Å². The van der Waals surface area contributed by atoms with E-state index in [-0.39, 0.29) is 14.7 Å². The van der Waals surface area contributed by atoms with Crippen molar-refractivity contribution in [3.8, 4) is 0 Å². The summed E-state index contributed by atoms with van der Waals surface area (Å²) >= 11 is 1.05. The van der Waals surface area contributed by atoms with Gasteiger partial charge in [-0.2, -0.15) is 0 Å². The summed E-state index contributed by atoms with van der Waals surface area (Å²) in [6.45, 7) is 1.76. The fourth-order valence-corrected chi connectivity index (χ4v) is 4.94. The number of carbonyl (C=O) groups excluding carboxylic acids is 1. The number of rotatable bonds is 5. The molecule has 1 amide bonds. The molecule has 0 bridgehead atoms. The van der Waals surface area contributed by atoms with Crippen LogP contribution in [0.25, 0.3) is 0 Å². The van der Waals surface area contributed by atoms with Gasteiger partial charge in [-0.25, -0.2) is 25.9 Å². The summed E-state index contributed by atoms with van der Waals surface area (Å²) in [7, 11) is -4.77. The lowest BCUT2D eigenvalue weighted by molar-refractivity contribution is 0.0981. The van der Waals surface area contributed by atoms with Gasteiger partial charge in [0.15, 0.2) is 0 Å². The third-order valence-electron chi connectivity index (χ3n) is 3.10. The molecule has 0 radical (unpaired) electrons. The topological polar surface area (TPSA) is 101 Å². The first-order valence-electron chi connectivity index (χ1n) is 6.70. The van der Waals surface area contributed by atoms with Gasteiger partial charge in [0.05, 0.1) is 4.90 Å². The average Bonchev–Trinajstić information content (AvgIpc) is 2.94. The molecule has 1 N–H and O–H groups in total. The number of benzene rings is 1. The zero-order chi connectivity index (χ0) is 18.1. The van der Waals surface area contributed by atoms with E-state index in [9.17, 15) is 21.6 Å². The van der Waals surface area contributed by atoms with Gasteiger partial charge in [-0.3, -0.25) is 4.79 Å². The Hall–Kier alpha value is -1.75. The minimum atomic E-state index is -3.95. The number of hydrogen-bond acceptors (Lipinski definition) is 6. The molecule has 0 fully saturated rings. The SMILES string of the molecule is Cc1ccc(S(=O)(=O)NC(=O)c2ccc(S(=O)(=O)N(C)C)cc2)s1. The maximum Gasteiger partial charge on any atom is 0.273 e. The first-order valence-corrected chi connectivity index (χ1v) is 10.4. The molecule has 0 atom stereocenters. The Morgan fingerprint density at radius 1 is 1.00 bits per heavy atom. The molecule has 0 aliphatic heterocycles. The Bertz CT molecular complexity index is 958. The summed E-state index contributed by atoms with van der Waals surface area (Å²) in [6, 6.07) is 8.10. The number of hydrogen-bond donors (Lipinski definition) is 1. The van der Waals surface area contributed by atoms with Crippen LogP contribution in [0.15, 0.2) is 45.5 Å². The lowest BCUT2D eigenvalue weighted by atomic mass is 10.2. The number of sulfonamides is 2. The fraction of sp³-hybridized carbons (Fsp3) is 0.214. The molecule has 7 nitrogen and oxygen atoms in total. The van der Waals surface area contributed by atoms with Crippen LogP contribution < -0.4 is 4.72 Å². The summed E-state index contributed by atoms with van der Waals surface area (Å²) in [4.78, 5) is 12.9. The lowest BCUT2D eigenvalue weighted by Crippen LogP contribution is -2.30. The summed E-state index contributed by atoms with van der Waals surface area (Å²) < 4.78 is 51.2. The molecule has 1 aromatic heterocycles. The summed E-state index contributed by atoms with van der Waals surface area (Å²) in [5.41, 5.74) is 0.0459. The van der Waals surface area contributed by atoms with Gasteiger partial charge in [0.25, 0.3) is 15.9 Å². The third-order valence-corrected chi connectivity index (χ3v) is 7.76. The Kier molecular flexibility index (Phi) is 5.14. The molecular formula is C14H16N2O5S3. The zero-order valence-electron chi connectivity index (χ0n) is 13.2. The highest BCUT2D eigenvalue weighted by Gasteiger charge is 2.21. The fourth-order valence-electron chi connectivity index (χ4n) is 1.78. The highest BCUT2D eigenvalue weighted by atomic mass is 32.2. The van der Waals surface area contributed by atoms with Crippen molar-refractivity contribution in [1.29, 1.82) is 0 Å². The van der Waals surface area contributed by atoms with E-state index in [1.807, 2.05) is 4.72 Å². The van der Waals surface area contributed by atoms with Crippen LogP contribution in [0.5, 0.6) is 0 Å². The Balaban J connectivity index is 2.22. The maximum atomic E-state index is 12.1. The summed E-state index contributed by atoms with van der Waals surface area (Å²) in [5, 5.41) is 0. The molecule has 0 saturated heterocycles. The van der Waals surface area contributed by atoms with Gasteiger partial charge in [-0.05, 0) is 43.3 Å². The van der Waals surface area contributed by atoms with Crippen molar-refractivity contribution in [2.45, 2.75) is 16.0 Å². The van der Waals surface area contributed by atoms with Crippen molar-refractivity contribution in [3.05, 3.63) is 46.8 Å².